The van der Waals surface area contributed by atoms with E-state index in [9.17, 15) is 4.79 Å². The number of hydrogen-bond donors (Lipinski definition) is 3. The summed E-state index contributed by atoms with van der Waals surface area (Å²) in [5.41, 5.74) is 1.83. The van der Waals surface area contributed by atoms with Crippen molar-refractivity contribution >= 4 is 34.4 Å². The van der Waals surface area contributed by atoms with E-state index in [-0.39, 0.29) is 5.91 Å². The number of fused-ring (bicyclic) bond motifs is 1. The van der Waals surface area contributed by atoms with Crippen LogP contribution in [0.4, 0.5) is 17.5 Å². The molecule has 1 fully saturated rings. The van der Waals surface area contributed by atoms with E-state index in [2.05, 4.69) is 30.8 Å². The lowest BCUT2D eigenvalue weighted by molar-refractivity contribution is 0.0302. The normalized spacial score (nSPS) is 14.1. The molecule has 0 aliphatic carbocycles. The number of anilines is 3. The molecule has 10 nitrogen and oxygen atoms in total. The highest BCUT2D eigenvalue weighted by molar-refractivity contribution is 5.95. The van der Waals surface area contributed by atoms with Gasteiger partial charge in [-0.15, -0.1) is 0 Å². The number of nitrogens with one attached hydrogen (secondary N) is 3. The molecule has 3 heterocycles. The van der Waals surface area contributed by atoms with E-state index in [0.29, 0.717) is 60.7 Å². The Morgan fingerprint density at radius 2 is 2.11 bits per heavy atom. The summed E-state index contributed by atoms with van der Waals surface area (Å²) < 4.78 is 10.8. The Morgan fingerprint density at radius 1 is 1.29 bits per heavy atom. The number of amides is 1. The van der Waals surface area contributed by atoms with Crippen molar-refractivity contribution in [2.45, 2.75) is 0 Å². The molecular formula is C18H21N7O3. The number of nitrogens with zero attached hydrogens (tertiary/aromatic N) is 4. The minimum absolute atomic E-state index is 0.0410. The summed E-state index contributed by atoms with van der Waals surface area (Å²) in [7, 11) is 3.34. The number of H-pyrrole nitrogens is 1. The van der Waals surface area contributed by atoms with Crippen molar-refractivity contribution in [1.82, 2.24) is 25.1 Å². The van der Waals surface area contributed by atoms with Crippen LogP contribution in [0.2, 0.25) is 0 Å². The van der Waals surface area contributed by atoms with Gasteiger partial charge in [-0.2, -0.15) is 15.1 Å². The van der Waals surface area contributed by atoms with E-state index in [1.165, 1.54) is 0 Å². The number of carbonyl (C=O) groups excluding carboxylic acids is 1. The highest BCUT2D eigenvalue weighted by atomic mass is 16.5. The van der Waals surface area contributed by atoms with Gasteiger partial charge in [-0.3, -0.25) is 9.89 Å². The number of aromatic amines is 1. The Balaban J connectivity index is 1.60. The van der Waals surface area contributed by atoms with Crippen molar-refractivity contribution in [2.75, 3.05) is 51.1 Å². The molecule has 3 N–H and O–H groups in total. The van der Waals surface area contributed by atoms with Crippen LogP contribution in [0.15, 0.2) is 24.4 Å². The van der Waals surface area contributed by atoms with Gasteiger partial charge in [0.05, 0.1) is 37.6 Å². The molecule has 146 valence electrons. The maximum Gasteiger partial charge on any atom is 0.254 e. The fourth-order valence-corrected chi connectivity index (χ4v) is 3.08. The molecule has 0 spiro atoms. The second-order valence-corrected chi connectivity index (χ2v) is 6.22. The second-order valence-electron chi connectivity index (χ2n) is 6.22. The minimum atomic E-state index is -0.0410. The van der Waals surface area contributed by atoms with Gasteiger partial charge in [0.15, 0.2) is 5.65 Å². The third-order valence-electron chi connectivity index (χ3n) is 4.54. The number of morpholine rings is 1. The van der Waals surface area contributed by atoms with E-state index in [0.717, 1.165) is 5.39 Å². The van der Waals surface area contributed by atoms with Gasteiger partial charge in [-0.05, 0) is 18.2 Å². The molecule has 1 aromatic carbocycles. The summed E-state index contributed by atoms with van der Waals surface area (Å²) in [6.45, 7) is 2.30. The summed E-state index contributed by atoms with van der Waals surface area (Å²) in [6, 6.07) is 5.26. The smallest absolute Gasteiger partial charge is 0.254 e. The van der Waals surface area contributed by atoms with E-state index < -0.39 is 0 Å². The quantitative estimate of drug-likeness (QED) is 0.608. The molecule has 0 atom stereocenters. The SMILES string of the molecule is CNc1nc(Nc2ccc(C(=O)N3CCOCC3)cc2OC)nc2[nH]ncc12. The molecule has 4 rings (SSSR count). The number of carbonyl (C=O) groups is 1. The molecule has 1 amide bonds. The predicted octanol–water partition coefficient (Wildman–Crippen LogP) is 1.62. The largest absolute Gasteiger partial charge is 0.495 e. The number of rotatable bonds is 5. The Bertz CT molecular complexity index is 998. The lowest BCUT2D eigenvalue weighted by atomic mass is 10.1. The summed E-state index contributed by atoms with van der Waals surface area (Å²) in [6.07, 6.45) is 1.66. The lowest BCUT2D eigenvalue weighted by Gasteiger charge is -2.27. The van der Waals surface area contributed by atoms with E-state index >= 15 is 0 Å². The Hall–Kier alpha value is -3.40. The number of hydrogen-bond acceptors (Lipinski definition) is 8. The fourth-order valence-electron chi connectivity index (χ4n) is 3.08. The molecule has 1 aliphatic rings. The van der Waals surface area contributed by atoms with Crippen LogP contribution in [0.25, 0.3) is 11.0 Å². The molecule has 3 aromatic rings. The molecule has 1 saturated heterocycles. The zero-order valence-electron chi connectivity index (χ0n) is 15.7. The first-order valence-corrected chi connectivity index (χ1v) is 8.90. The maximum atomic E-state index is 12.7. The first kappa shape index (κ1) is 18.0. The van der Waals surface area contributed by atoms with Gasteiger partial charge in [0.1, 0.15) is 11.6 Å². The Kier molecular flexibility index (Phi) is 4.94. The zero-order chi connectivity index (χ0) is 19.5. The maximum absolute atomic E-state index is 12.7. The van der Waals surface area contributed by atoms with E-state index in [1.807, 2.05) is 0 Å². The molecular weight excluding hydrogens is 362 g/mol. The molecule has 0 radical (unpaired) electrons. The first-order valence-electron chi connectivity index (χ1n) is 8.90. The van der Waals surface area contributed by atoms with Gasteiger partial charge in [0, 0.05) is 25.7 Å². The van der Waals surface area contributed by atoms with Gasteiger partial charge < -0.3 is 25.0 Å². The van der Waals surface area contributed by atoms with E-state index in [4.69, 9.17) is 9.47 Å². The molecule has 1 aliphatic heterocycles. The van der Waals surface area contributed by atoms with Crippen LogP contribution in [-0.2, 0) is 4.74 Å². The minimum Gasteiger partial charge on any atom is -0.495 e. The van der Waals surface area contributed by atoms with Crippen molar-refractivity contribution in [3.8, 4) is 5.75 Å². The number of ether oxygens (including phenoxy) is 2. The summed E-state index contributed by atoms with van der Waals surface area (Å²) in [5, 5.41) is 13.8. The zero-order valence-corrected chi connectivity index (χ0v) is 15.7. The molecule has 0 saturated carbocycles. The van der Waals surface area contributed by atoms with Crippen LogP contribution in [0.5, 0.6) is 5.75 Å². The third-order valence-corrected chi connectivity index (χ3v) is 4.54. The van der Waals surface area contributed by atoms with Crippen LogP contribution in [0.1, 0.15) is 10.4 Å². The number of methoxy groups -OCH3 is 1. The highest BCUT2D eigenvalue weighted by Gasteiger charge is 2.20. The lowest BCUT2D eigenvalue weighted by Crippen LogP contribution is -2.40. The van der Waals surface area contributed by atoms with Gasteiger partial charge in [-0.25, -0.2) is 0 Å². The molecule has 2 aromatic heterocycles. The molecule has 0 bridgehead atoms. The standard InChI is InChI=1S/C18H21N7O3/c1-19-15-12-10-20-24-16(12)23-18(22-15)21-13-4-3-11(9-14(13)27-2)17(26)25-5-7-28-8-6-25/h3-4,9-10H,5-8H2,1-2H3,(H3,19,20,21,22,23,24). The van der Waals surface area contributed by atoms with E-state index in [1.54, 1.807) is 43.5 Å². The first-order chi connectivity index (χ1) is 13.7. The van der Waals surface area contributed by atoms with Crippen molar-refractivity contribution in [3.63, 3.8) is 0 Å². The average molecular weight is 383 g/mol. The topological polar surface area (TPSA) is 117 Å². The summed E-state index contributed by atoms with van der Waals surface area (Å²) in [4.78, 5) is 23.3. The Morgan fingerprint density at radius 3 is 2.86 bits per heavy atom. The van der Waals surface area contributed by atoms with Crippen molar-refractivity contribution in [1.29, 1.82) is 0 Å². The highest BCUT2D eigenvalue weighted by Crippen LogP contribution is 2.29. The molecule has 10 heteroatoms. The number of benzene rings is 1. The van der Waals surface area contributed by atoms with Gasteiger partial charge in [0.25, 0.3) is 5.91 Å². The van der Waals surface area contributed by atoms with Crippen molar-refractivity contribution in [2.24, 2.45) is 0 Å². The van der Waals surface area contributed by atoms with Gasteiger partial charge in [-0.1, -0.05) is 0 Å². The summed E-state index contributed by atoms with van der Waals surface area (Å²) >= 11 is 0. The third kappa shape index (κ3) is 3.41. The second kappa shape index (κ2) is 7.69. The van der Waals surface area contributed by atoms with Gasteiger partial charge in [0.2, 0.25) is 5.95 Å². The van der Waals surface area contributed by atoms with Crippen LogP contribution in [-0.4, -0.2) is 71.4 Å². The molecule has 28 heavy (non-hydrogen) atoms. The fraction of sp³-hybridized carbons (Fsp3) is 0.333. The van der Waals surface area contributed by atoms with Crippen molar-refractivity contribution < 1.29 is 14.3 Å². The summed E-state index contributed by atoms with van der Waals surface area (Å²) in [5.74, 6) is 1.52. The Labute approximate surface area is 161 Å². The van der Waals surface area contributed by atoms with Gasteiger partial charge >= 0.3 is 0 Å². The van der Waals surface area contributed by atoms with Crippen LogP contribution in [0.3, 0.4) is 0 Å². The predicted molar refractivity (Wildman–Crippen MR) is 104 cm³/mol. The monoisotopic (exact) mass is 383 g/mol. The van der Waals surface area contributed by atoms with Crippen molar-refractivity contribution in [3.05, 3.63) is 30.0 Å². The average Bonchev–Trinajstić information content (AvgIpc) is 3.22. The molecule has 0 unspecified atom stereocenters. The van der Waals surface area contributed by atoms with Crippen LogP contribution < -0.4 is 15.4 Å². The number of aromatic nitrogens is 4. The van der Waals surface area contributed by atoms with Crippen LogP contribution >= 0.6 is 0 Å². The van der Waals surface area contributed by atoms with Crippen LogP contribution in [0, 0.1) is 0 Å².